The van der Waals surface area contributed by atoms with Crippen molar-refractivity contribution in [2.45, 2.75) is 35.3 Å². The number of nitrogens with one attached hydrogen (secondary N) is 1. The molecule has 1 fully saturated rings. The maximum absolute atomic E-state index is 11.0. The summed E-state index contributed by atoms with van der Waals surface area (Å²) in [7, 11) is 0. The van der Waals surface area contributed by atoms with Gasteiger partial charge >= 0.3 is 0 Å². The van der Waals surface area contributed by atoms with Gasteiger partial charge in [0.2, 0.25) is 12.1 Å². The van der Waals surface area contributed by atoms with E-state index in [1.807, 2.05) is 0 Å². The van der Waals surface area contributed by atoms with Gasteiger partial charge < -0.3 is 40.4 Å². The van der Waals surface area contributed by atoms with Crippen LogP contribution in [0.4, 0.5) is 0 Å². The number of aliphatic hydroxyl groups is 6. The van der Waals surface area contributed by atoms with Gasteiger partial charge in [-0.1, -0.05) is 18.2 Å². The Balaban J connectivity index is 2.20. The predicted octanol–water partition coefficient (Wildman–Crippen LogP) is -1.64. The van der Waals surface area contributed by atoms with Crippen molar-refractivity contribution >= 4 is 23.5 Å². The molecule has 23 heavy (non-hydrogen) atoms. The zero-order valence-electron chi connectivity index (χ0n) is 11.7. The Bertz CT molecular complexity index is 722. The van der Waals surface area contributed by atoms with Gasteiger partial charge in [-0.25, -0.2) is 0 Å². The van der Waals surface area contributed by atoms with E-state index in [2.05, 4.69) is 17.6 Å². The van der Waals surface area contributed by atoms with Crippen LogP contribution in [0, 0.1) is 0 Å². The molecule has 0 aliphatic carbocycles. The summed E-state index contributed by atoms with van der Waals surface area (Å²) in [5.74, 6) is -2.93. The van der Waals surface area contributed by atoms with Crippen molar-refractivity contribution in [1.29, 1.82) is 0 Å². The summed E-state index contributed by atoms with van der Waals surface area (Å²) in [6.07, 6.45) is -5.18. The molecule has 1 aliphatic heterocycles. The minimum absolute atomic E-state index is 0.0644. The largest absolute Gasteiger partial charge is 0.386 e. The molecule has 3 rings (SSSR count). The summed E-state index contributed by atoms with van der Waals surface area (Å²) in [4.78, 5) is 2.87. The maximum Gasteiger partial charge on any atom is 0.249 e. The highest BCUT2D eigenvalue weighted by Crippen LogP contribution is 2.45. The van der Waals surface area contributed by atoms with Crippen molar-refractivity contribution < 1.29 is 35.4 Å². The quantitative estimate of drug-likeness (QED) is 0.241. The molecule has 0 amide bonds. The summed E-state index contributed by atoms with van der Waals surface area (Å²) >= 11 is 3.91. The third-order valence-electron chi connectivity index (χ3n) is 4.23. The Morgan fingerprint density at radius 1 is 1.17 bits per heavy atom. The third-order valence-corrected chi connectivity index (χ3v) is 4.62. The van der Waals surface area contributed by atoms with E-state index in [9.17, 15) is 30.6 Å². The van der Waals surface area contributed by atoms with Crippen LogP contribution in [0.25, 0.3) is 10.9 Å². The fourth-order valence-electron chi connectivity index (χ4n) is 2.93. The van der Waals surface area contributed by atoms with Crippen molar-refractivity contribution in [3.8, 4) is 0 Å². The Morgan fingerprint density at radius 3 is 2.48 bits per heavy atom. The van der Waals surface area contributed by atoms with E-state index in [-0.39, 0.29) is 5.56 Å². The average Bonchev–Trinajstić information content (AvgIpc) is 2.95. The molecule has 0 spiro atoms. The Hall–Kier alpha value is -1.17. The van der Waals surface area contributed by atoms with Crippen LogP contribution in [-0.4, -0.2) is 65.3 Å². The molecule has 0 saturated carbocycles. The Labute approximate surface area is 136 Å². The average molecular weight is 343 g/mol. The number of hydrogen-bond acceptors (Lipinski definition) is 8. The molecule has 2 heterocycles. The van der Waals surface area contributed by atoms with Gasteiger partial charge in [0.15, 0.2) is 5.60 Å². The first kappa shape index (κ1) is 16.7. The molecule has 9 heteroatoms. The minimum atomic E-state index is -2.93. The zero-order valence-corrected chi connectivity index (χ0v) is 12.6. The van der Waals surface area contributed by atoms with E-state index in [1.54, 1.807) is 24.3 Å². The molecular weight excluding hydrogens is 326 g/mol. The topological polar surface area (TPSA) is 146 Å². The molecule has 0 unspecified atom stereocenters. The summed E-state index contributed by atoms with van der Waals surface area (Å²) in [5.41, 5.74) is -3.26. The number of ether oxygens (including phenoxy) is 1. The number of thiol groups is 1. The van der Waals surface area contributed by atoms with E-state index < -0.39 is 35.3 Å². The lowest BCUT2D eigenvalue weighted by atomic mass is 9.77. The van der Waals surface area contributed by atoms with E-state index >= 15 is 0 Å². The number of aromatic nitrogens is 1. The fraction of sp³-hybridized carbons (Fsp3) is 0.429. The molecule has 1 saturated heterocycles. The number of H-pyrrole nitrogens is 1. The van der Waals surface area contributed by atoms with E-state index in [1.165, 1.54) is 6.20 Å². The van der Waals surface area contributed by atoms with Gasteiger partial charge in [-0.2, -0.15) is 0 Å². The molecule has 2 aromatic rings. The van der Waals surface area contributed by atoms with Gasteiger partial charge in [0, 0.05) is 22.7 Å². The van der Waals surface area contributed by atoms with Crippen LogP contribution in [-0.2, 0) is 10.3 Å². The molecule has 126 valence electrons. The van der Waals surface area contributed by atoms with Gasteiger partial charge in [0.1, 0.15) is 17.6 Å². The number of fused-ring (bicyclic) bond motifs is 1. The standard InChI is InChI=1S/C14H17NO7S/c16-9-10(23)22-14(21,12(18)19)11(17)13(9,20)7-5-15-8-4-2-1-3-6(7)8/h1-5,9-12,15-21,23H/t9-,10-,11+,13+,14-/m0/s1. The molecule has 0 radical (unpaired) electrons. The molecule has 1 aromatic heterocycles. The second-order valence-corrected chi connectivity index (χ2v) is 6.06. The van der Waals surface area contributed by atoms with Crippen molar-refractivity contribution in [2.75, 3.05) is 0 Å². The third kappa shape index (κ3) is 2.21. The summed E-state index contributed by atoms with van der Waals surface area (Å²) in [6.45, 7) is 0. The number of benzene rings is 1. The van der Waals surface area contributed by atoms with Crippen LogP contribution in [0.2, 0.25) is 0 Å². The highest BCUT2D eigenvalue weighted by molar-refractivity contribution is 7.80. The number of aliphatic hydroxyl groups excluding tert-OH is 3. The second-order valence-electron chi connectivity index (χ2n) is 5.55. The number of aromatic amines is 1. The molecule has 8 nitrogen and oxygen atoms in total. The Kier molecular flexibility index (Phi) is 3.94. The molecule has 1 aliphatic rings. The van der Waals surface area contributed by atoms with Crippen LogP contribution < -0.4 is 0 Å². The predicted molar refractivity (Wildman–Crippen MR) is 81.2 cm³/mol. The van der Waals surface area contributed by atoms with Crippen molar-refractivity contribution in [3.63, 3.8) is 0 Å². The molecule has 5 atom stereocenters. The fourth-order valence-corrected chi connectivity index (χ4v) is 3.32. The van der Waals surface area contributed by atoms with Crippen LogP contribution >= 0.6 is 12.6 Å². The lowest BCUT2D eigenvalue weighted by Crippen LogP contribution is -2.72. The number of para-hydroxylation sites is 1. The summed E-state index contributed by atoms with van der Waals surface area (Å²) < 4.78 is 4.81. The van der Waals surface area contributed by atoms with E-state index in [0.29, 0.717) is 10.9 Å². The monoisotopic (exact) mass is 343 g/mol. The summed E-state index contributed by atoms with van der Waals surface area (Å²) in [5, 5.41) is 61.1. The number of rotatable bonds is 2. The first-order valence-corrected chi connectivity index (χ1v) is 7.34. The first-order chi connectivity index (χ1) is 10.7. The molecule has 0 bridgehead atoms. The van der Waals surface area contributed by atoms with Gasteiger partial charge in [-0.3, -0.25) is 0 Å². The lowest BCUT2D eigenvalue weighted by Gasteiger charge is -2.51. The smallest absolute Gasteiger partial charge is 0.249 e. The van der Waals surface area contributed by atoms with Gasteiger partial charge in [-0.05, 0) is 6.07 Å². The van der Waals surface area contributed by atoms with Crippen molar-refractivity contribution in [2.24, 2.45) is 0 Å². The molecular formula is C14H17NO7S. The lowest BCUT2D eigenvalue weighted by molar-refractivity contribution is -0.411. The normalized spacial score (nSPS) is 38.3. The van der Waals surface area contributed by atoms with Crippen LogP contribution in [0.1, 0.15) is 5.56 Å². The van der Waals surface area contributed by atoms with Gasteiger partial charge in [-0.15, -0.1) is 12.6 Å². The van der Waals surface area contributed by atoms with Crippen LogP contribution in [0.15, 0.2) is 30.5 Å². The zero-order chi connectivity index (χ0) is 17.0. The second kappa shape index (κ2) is 5.43. The highest BCUT2D eigenvalue weighted by Gasteiger charge is 2.64. The Morgan fingerprint density at radius 2 is 1.83 bits per heavy atom. The van der Waals surface area contributed by atoms with Gasteiger partial charge in [0.25, 0.3) is 0 Å². The van der Waals surface area contributed by atoms with Crippen LogP contribution in [0.3, 0.4) is 0 Å². The van der Waals surface area contributed by atoms with Crippen LogP contribution in [0.5, 0.6) is 0 Å². The van der Waals surface area contributed by atoms with Gasteiger partial charge in [0.05, 0.1) is 0 Å². The molecule has 7 N–H and O–H groups in total. The minimum Gasteiger partial charge on any atom is -0.386 e. The summed E-state index contributed by atoms with van der Waals surface area (Å²) in [6, 6.07) is 6.78. The van der Waals surface area contributed by atoms with Crippen molar-refractivity contribution in [1.82, 2.24) is 4.98 Å². The number of hydrogen-bond donors (Lipinski definition) is 8. The highest BCUT2D eigenvalue weighted by atomic mass is 32.1. The maximum atomic E-state index is 11.0. The SMILES string of the molecule is OC(O)[C@@]1(O)O[C@@H](S)[C@H](O)[C@](O)(c2c[nH]c3ccccc23)[C@H]1O. The first-order valence-electron chi connectivity index (χ1n) is 6.82. The van der Waals surface area contributed by atoms with E-state index in [4.69, 9.17) is 4.74 Å². The molecule has 1 aromatic carbocycles. The van der Waals surface area contributed by atoms with E-state index in [0.717, 1.165) is 0 Å². The van der Waals surface area contributed by atoms with Crippen molar-refractivity contribution in [3.05, 3.63) is 36.0 Å².